The second-order valence-corrected chi connectivity index (χ2v) is 2.67. The fourth-order valence-electron chi connectivity index (χ4n) is 0.654. The van der Waals surface area contributed by atoms with E-state index in [1.807, 2.05) is 0 Å². The molecule has 0 spiro atoms. The first-order chi connectivity index (χ1) is 6.48. The van der Waals surface area contributed by atoms with Gasteiger partial charge in [-0.05, 0) is 0 Å². The quantitative estimate of drug-likeness (QED) is 0.733. The van der Waals surface area contributed by atoms with Gasteiger partial charge < -0.3 is 10.0 Å². The van der Waals surface area contributed by atoms with Gasteiger partial charge in [-0.25, -0.2) is 4.79 Å². The van der Waals surface area contributed by atoms with Crippen molar-refractivity contribution in [3.8, 4) is 0 Å². The van der Waals surface area contributed by atoms with E-state index in [4.69, 9.17) is 5.11 Å². The van der Waals surface area contributed by atoms with Crippen LogP contribution in [0.1, 0.15) is 0 Å². The lowest BCUT2D eigenvalue weighted by atomic mass is 10.3. The molecule has 0 aromatic rings. The molecule has 0 saturated carbocycles. The Morgan fingerprint density at radius 2 is 1.60 bits per heavy atom. The SMILES string of the molecule is CN(CC(F)(F)C(=O)O)C(=O)C(F)(F)F. The monoisotopic (exact) mass is 235 g/mol. The number of amides is 1. The van der Waals surface area contributed by atoms with E-state index in [9.17, 15) is 31.5 Å². The zero-order valence-corrected chi connectivity index (χ0v) is 7.31. The third kappa shape index (κ3) is 3.68. The highest BCUT2D eigenvalue weighted by Crippen LogP contribution is 2.21. The zero-order chi connectivity index (χ0) is 12.4. The van der Waals surface area contributed by atoms with Gasteiger partial charge in [-0.3, -0.25) is 4.79 Å². The molecule has 0 unspecified atom stereocenters. The number of carboxylic acid groups (broad SMARTS) is 1. The Bertz CT molecular complexity index is 274. The molecule has 0 aliphatic heterocycles. The number of hydrogen-bond donors (Lipinski definition) is 1. The van der Waals surface area contributed by atoms with E-state index in [2.05, 4.69) is 0 Å². The summed E-state index contributed by atoms with van der Waals surface area (Å²) in [5.74, 6) is -9.52. The number of carbonyl (C=O) groups is 2. The van der Waals surface area contributed by atoms with E-state index < -0.39 is 35.4 Å². The van der Waals surface area contributed by atoms with Crippen molar-refractivity contribution in [2.24, 2.45) is 0 Å². The maximum atomic E-state index is 12.4. The van der Waals surface area contributed by atoms with Gasteiger partial charge in [-0.15, -0.1) is 0 Å². The second kappa shape index (κ2) is 3.99. The Morgan fingerprint density at radius 3 is 1.87 bits per heavy atom. The molecule has 0 saturated heterocycles. The Hall–Kier alpha value is -1.41. The molecule has 4 nitrogen and oxygen atoms in total. The fourth-order valence-corrected chi connectivity index (χ4v) is 0.654. The van der Waals surface area contributed by atoms with Crippen molar-refractivity contribution in [1.29, 1.82) is 0 Å². The summed E-state index contributed by atoms with van der Waals surface area (Å²) < 4.78 is 59.8. The van der Waals surface area contributed by atoms with E-state index >= 15 is 0 Å². The Morgan fingerprint density at radius 1 is 1.20 bits per heavy atom. The van der Waals surface area contributed by atoms with Crippen LogP contribution in [-0.2, 0) is 9.59 Å². The van der Waals surface area contributed by atoms with E-state index in [0.717, 1.165) is 0 Å². The molecule has 0 fully saturated rings. The average molecular weight is 235 g/mol. The lowest BCUT2D eigenvalue weighted by Crippen LogP contribution is -2.47. The van der Waals surface area contributed by atoms with E-state index in [1.54, 1.807) is 0 Å². The van der Waals surface area contributed by atoms with Crippen molar-refractivity contribution in [3.63, 3.8) is 0 Å². The number of rotatable bonds is 3. The van der Waals surface area contributed by atoms with Crippen LogP contribution in [0, 0.1) is 0 Å². The maximum absolute atomic E-state index is 12.4. The highest BCUT2D eigenvalue weighted by Gasteiger charge is 2.47. The van der Waals surface area contributed by atoms with Gasteiger partial charge in [0.2, 0.25) is 0 Å². The van der Waals surface area contributed by atoms with Crippen molar-refractivity contribution in [2.45, 2.75) is 12.1 Å². The molecule has 9 heteroatoms. The summed E-state index contributed by atoms with van der Waals surface area (Å²) in [5, 5.41) is 7.91. The molecule has 0 aliphatic carbocycles. The topological polar surface area (TPSA) is 57.6 Å². The van der Waals surface area contributed by atoms with Crippen LogP contribution in [0.15, 0.2) is 0 Å². The molecule has 88 valence electrons. The van der Waals surface area contributed by atoms with Crippen LogP contribution < -0.4 is 0 Å². The number of halogens is 5. The maximum Gasteiger partial charge on any atom is 0.471 e. The van der Waals surface area contributed by atoms with Crippen LogP contribution in [0.2, 0.25) is 0 Å². The summed E-state index contributed by atoms with van der Waals surface area (Å²) in [4.78, 5) is 19.8. The first-order valence-electron chi connectivity index (χ1n) is 3.42. The first kappa shape index (κ1) is 13.6. The predicted octanol–water partition coefficient (Wildman–Crippen LogP) is 0.727. The van der Waals surface area contributed by atoms with Gasteiger partial charge in [-0.2, -0.15) is 22.0 Å². The fraction of sp³-hybridized carbons (Fsp3) is 0.667. The Kier molecular flexibility index (Phi) is 3.61. The van der Waals surface area contributed by atoms with E-state index in [0.29, 0.717) is 7.05 Å². The first-order valence-corrected chi connectivity index (χ1v) is 3.42. The van der Waals surface area contributed by atoms with Crippen molar-refractivity contribution in [3.05, 3.63) is 0 Å². The van der Waals surface area contributed by atoms with Crippen molar-refractivity contribution < 1.29 is 36.6 Å². The Balaban J connectivity index is 4.58. The molecular formula is C6H6F5NO3. The third-order valence-electron chi connectivity index (χ3n) is 1.34. The van der Waals surface area contributed by atoms with Crippen molar-refractivity contribution in [2.75, 3.05) is 13.6 Å². The molecule has 15 heavy (non-hydrogen) atoms. The summed E-state index contributed by atoms with van der Waals surface area (Å²) in [6, 6.07) is 0. The number of carboxylic acids is 1. The predicted molar refractivity (Wildman–Crippen MR) is 36.3 cm³/mol. The molecule has 1 N–H and O–H groups in total. The minimum Gasteiger partial charge on any atom is -0.477 e. The molecular weight excluding hydrogens is 229 g/mol. The minimum atomic E-state index is -5.30. The van der Waals surface area contributed by atoms with Crippen LogP contribution in [0.3, 0.4) is 0 Å². The van der Waals surface area contributed by atoms with Gasteiger partial charge in [0.05, 0.1) is 6.54 Å². The normalized spacial score (nSPS) is 12.4. The van der Waals surface area contributed by atoms with Crippen LogP contribution in [0.4, 0.5) is 22.0 Å². The zero-order valence-electron chi connectivity index (χ0n) is 7.31. The van der Waals surface area contributed by atoms with Gasteiger partial charge >= 0.3 is 24.0 Å². The molecule has 0 atom stereocenters. The van der Waals surface area contributed by atoms with Gasteiger partial charge in [0.1, 0.15) is 0 Å². The molecule has 1 amide bonds. The van der Waals surface area contributed by atoms with Crippen molar-refractivity contribution >= 4 is 11.9 Å². The average Bonchev–Trinajstić information content (AvgIpc) is 2.00. The molecule has 0 rings (SSSR count). The molecule has 0 heterocycles. The highest BCUT2D eigenvalue weighted by atomic mass is 19.4. The summed E-state index contributed by atoms with van der Waals surface area (Å²) in [6.07, 6.45) is -5.30. The number of hydrogen-bond acceptors (Lipinski definition) is 2. The molecule has 0 radical (unpaired) electrons. The largest absolute Gasteiger partial charge is 0.477 e. The van der Waals surface area contributed by atoms with Gasteiger partial charge in [-0.1, -0.05) is 0 Å². The number of aliphatic carboxylic acids is 1. The number of alkyl halides is 5. The third-order valence-corrected chi connectivity index (χ3v) is 1.34. The van der Waals surface area contributed by atoms with Crippen molar-refractivity contribution in [1.82, 2.24) is 4.90 Å². The highest BCUT2D eigenvalue weighted by molar-refractivity contribution is 5.83. The minimum absolute atomic E-state index is 0.395. The van der Waals surface area contributed by atoms with Gasteiger partial charge in [0.15, 0.2) is 0 Å². The summed E-state index contributed by atoms with van der Waals surface area (Å²) in [6.45, 7) is -1.83. The number of nitrogens with zero attached hydrogens (tertiary/aromatic N) is 1. The van der Waals surface area contributed by atoms with Crippen LogP contribution in [-0.4, -0.2) is 47.6 Å². The van der Waals surface area contributed by atoms with Gasteiger partial charge in [0, 0.05) is 7.05 Å². The lowest BCUT2D eigenvalue weighted by Gasteiger charge is -2.21. The number of carbonyl (C=O) groups excluding carboxylic acids is 1. The second-order valence-electron chi connectivity index (χ2n) is 2.67. The molecule has 0 bridgehead atoms. The molecule has 0 aromatic carbocycles. The van der Waals surface area contributed by atoms with Gasteiger partial charge in [0.25, 0.3) is 0 Å². The van der Waals surface area contributed by atoms with Crippen LogP contribution in [0.25, 0.3) is 0 Å². The van der Waals surface area contributed by atoms with Crippen LogP contribution in [0.5, 0.6) is 0 Å². The Labute approximate surface area is 80.3 Å². The summed E-state index contributed by atoms with van der Waals surface area (Å²) in [7, 11) is 0.437. The molecule has 0 aliphatic rings. The molecule has 0 aromatic heterocycles. The van der Waals surface area contributed by atoms with E-state index in [1.165, 1.54) is 0 Å². The smallest absolute Gasteiger partial charge is 0.471 e. The standard InChI is InChI=1S/C6H6F5NO3/c1-12(3(13)6(9,10)11)2-5(7,8)4(14)15/h2H2,1H3,(H,14,15). The lowest BCUT2D eigenvalue weighted by molar-refractivity contribution is -0.190. The summed E-state index contributed by atoms with van der Waals surface area (Å²) >= 11 is 0. The van der Waals surface area contributed by atoms with Crippen LogP contribution >= 0.6 is 0 Å². The van der Waals surface area contributed by atoms with E-state index in [-0.39, 0.29) is 0 Å². The summed E-state index contributed by atoms with van der Waals surface area (Å²) in [5.41, 5.74) is 0.